The van der Waals surface area contributed by atoms with Crippen LogP contribution < -0.4 is 14.8 Å². The summed E-state index contributed by atoms with van der Waals surface area (Å²) in [6, 6.07) is 12.6. The van der Waals surface area contributed by atoms with Gasteiger partial charge in [0.2, 0.25) is 5.91 Å². The predicted molar refractivity (Wildman–Crippen MR) is 122 cm³/mol. The van der Waals surface area contributed by atoms with E-state index in [0.29, 0.717) is 44.0 Å². The summed E-state index contributed by atoms with van der Waals surface area (Å²) in [6.07, 6.45) is 1.83. The lowest BCUT2D eigenvalue weighted by molar-refractivity contribution is -0.132. The Hall–Kier alpha value is -3.55. The fourth-order valence-electron chi connectivity index (χ4n) is 4.39. The Morgan fingerprint density at radius 2 is 1.76 bits per heavy atom. The van der Waals surface area contributed by atoms with Crippen molar-refractivity contribution in [3.63, 3.8) is 0 Å². The number of rotatable bonds is 8. The second kappa shape index (κ2) is 9.94. The zero-order valence-electron chi connectivity index (χ0n) is 19.0. The van der Waals surface area contributed by atoms with Crippen molar-refractivity contribution < 1.29 is 23.9 Å². The highest BCUT2D eigenvalue weighted by Gasteiger charge is 2.37. The van der Waals surface area contributed by atoms with E-state index < -0.39 is 6.04 Å². The maximum absolute atomic E-state index is 12.9. The number of carbonyl (C=O) groups is 3. The zero-order valence-corrected chi connectivity index (χ0v) is 19.0. The third kappa shape index (κ3) is 4.94. The van der Waals surface area contributed by atoms with Gasteiger partial charge in [-0.15, -0.1) is 0 Å². The van der Waals surface area contributed by atoms with Gasteiger partial charge in [-0.1, -0.05) is 30.3 Å². The molecule has 4 rings (SSSR count). The number of benzene rings is 2. The van der Waals surface area contributed by atoms with Crippen molar-refractivity contribution in [3.05, 3.63) is 59.2 Å². The van der Waals surface area contributed by atoms with Gasteiger partial charge in [-0.3, -0.25) is 14.5 Å². The van der Waals surface area contributed by atoms with E-state index in [1.54, 1.807) is 19.1 Å². The number of methoxy groups -OCH3 is 2. The van der Waals surface area contributed by atoms with Gasteiger partial charge in [0.15, 0.2) is 11.5 Å². The highest BCUT2D eigenvalue weighted by atomic mass is 16.5. The Balaban J connectivity index is 1.31. The Kier molecular flexibility index (Phi) is 6.82. The summed E-state index contributed by atoms with van der Waals surface area (Å²) in [5.41, 5.74) is 3.24. The number of hydrogen-bond donors (Lipinski definition) is 1. The lowest BCUT2D eigenvalue weighted by Crippen LogP contribution is -2.37. The Morgan fingerprint density at radius 1 is 1.06 bits per heavy atom. The smallest absolute Gasteiger partial charge is 0.324 e. The second-order valence-electron chi connectivity index (χ2n) is 8.31. The Labute approximate surface area is 193 Å². The number of fused-ring (bicyclic) bond motifs is 1. The standard InChI is InChI=1S/C25H29N3O5/c1-32-21-14-18-11-12-27(16-19(18)15-22(21)33-2)23(29)9-8-20-24(30)28(25(31)26-20)13-10-17-6-4-3-5-7-17/h3-7,14-15,20H,8-13,16H2,1-2H3,(H,26,31)/t20-/m0/s1. The van der Waals surface area contributed by atoms with Crippen molar-refractivity contribution in [1.82, 2.24) is 15.1 Å². The number of nitrogens with zero attached hydrogens (tertiary/aromatic N) is 2. The average Bonchev–Trinajstić information content (AvgIpc) is 3.12. The van der Waals surface area contributed by atoms with E-state index in [9.17, 15) is 14.4 Å². The number of urea groups is 1. The molecule has 0 aliphatic carbocycles. The molecule has 8 nitrogen and oxygen atoms in total. The average molecular weight is 452 g/mol. The van der Waals surface area contributed by atoms with Gasteiger partial charge in [0, 0.05) is 26.1 Å². The molecule has 8 heteroatoms. The molecular weight excluding hydrogens is 422 g/mol. The van der Waals surface area contributed by atoms with Gasteiger partial charge in [0.05, 0.1) is 14.2 Å². The molecule has 0 aromatic heterocycles. The third-order valence-corrected chi connectivity index (χ3v) is 6.29. The van der Waals surface area contributed by atoms with Gasteiger partial charge in [-0.2, -0.15) is 0 Å². The fraction of sp³-hybridized carbons (Fsp3) is 0.400. The van der Waals surface area contributed by atoms with Crippen molar-refractivity contribution in [1.29, 1.82) is 0 Å². The number of imide groups is 1. The van der Waals surface area contributed by atoms with Crippen LogP contribution in [0.5, 0.6) is 11.5 Å². The molecule has 1 fully saturated rings. The predicted octanol–water partition coefficient (Wildman–Crippen LogP) is 2.53. The normalized spacial score (nSPS) is 17.6. The maximum Gasteiger partial charge on any atom is 0.324 e. The zero-order chi connectivity index (χ0) is 23.4. The summed E-state index contributed by atoms with van der Waals surface area (Å²) < 4.78 is 10.7. The highest BCUT2D eigenvalue weighted by molar-refractivity contribution is 6.04. The molecule has 2 heterocycles. The lowest BCUT2D eigenvalue weighted by atomic mass is 9.98. The number of carbonyl (C=O) groups excluding carboxylic acids is 3. The van der Waals surface area contributed by atoms with E-state index in [-0.39, 0.29) is 24.3 Å². The van der Waals surface area contributed by atoms with Crippen LogP contribution in [0, 0.1) is 0 Å². The van der Waals surface area contributed by atoms with E-state index >= 15 is 0 Å². The summed E-state index contributed by atoms with van der Waals surface area (Å²) in [4.78, 5) is 40.9. The molecule has 0 radical (unpaired) electrons. The molecule has 0 bridgehead atoms. The molecule has 2 aromatic rings. The Morgan fingerprint density at radius 3 is 2.45 bits per heavy atom. The summed E-state index contributed by atoms with van der Waals surface area (Å²) >= 11 is 0. The number of nitrogens with one attached hydrogen (secondary N) is 1. The van der Waals surface area contributed by atoms with E-state index in [1.165, 1.54) is 4.90 Å². The summed E-state index contributed by atoms with van der Waals surface area (Å²) in [5.74, 6) is 1.04. The minimum absolute atomic E-state index is 0.0276. The number of ether oxygens (including phenoxy) is 2. The first kappa shape index (κ1) is 22.6. The molecule has 4 amide bonds. The molecule has 2 aliphatic rings. The molecule has 0 saturated carbocycles. The van der Waals surface area contributed by atoms with Crippen molar-refractivity contribution >= 4 is 17.8 Å². The molecule has 33 heavy (non-hydrogen) atoms. The number of hydrogen-bond acceptors (Lipinski definition) is 5. The van der Waals surface area contributed by atoms with Crippen LogP contribution in [0.4, 0.5) is 4.79 Å². The largest absolute Gasteiger partial charge is 0.493 e. The van der Waals surface area contributed by atoms with Crippen LogP contribution in [0.15, 0.2) is 42.5 Å². The minimum atomic E-state index is -0.654. The lowest BCUT2D eigenvalue weighted by Gasteiger charge is -2.30. The molecule has 0 unspecified atom stereocenters. The first-order chi connectivity index (χ1) is 16.0. The molecular formula is C25H29N3O5. The van der Waals surface area contributed by atoms with Crippen LogP contribution in [0.25, 0.3) is 0 Å². The van der Waals surface area contributed by atoms with Crippen LogP contribution in [-0.2, 0) is 29.0 Å². The molecule has 1 N–H and O–H groups in total. The van der Waals surface area contributed by atoms with Gasteiger partial charge in [0.1, 0.15) is 6.04 Å². The van der Waals surface area contributed by atoms with Gasteiger partial charge in [0.25, 0.3) is 5.91 Å². The third-order valence-electron chi connectivity index (χ3n) is 6.29. The molecule has 174 valence electrons. The highest BCUT2D eigenvalue weighted by Crippen LogP contribution is 2.33. The van der Waals surface area contributed by atoms with Crippen LogP contribution in [0.3, 0.4) is 0 Å². The van der Waals surface area contributed by atoms with E-state index in [2.05, 4.69) is 5.32 Å². The van der Waals surface area contributed by atoms with Crippen molar-refractivity contribution in [2.75, 3.05) is 27.3 Å². The summed E-state index contributed by atoms with van der Waals surface area (Å²) in [6.45, 7) is 1.42. The van der Waals surface area contributed by atoms with Crippen molar-refractivity contribution in [3.8, 4) is 11.5 Å². The van der Waals surface area contributed by atoms with Crippen LogP contribution in [-0.4, -0.2) is 61.0 Å². The van der Waals surface area contributed by atoms with Crippen molar-refractivity contribution in [2.24, 2.45) is 0 Å². The van der Waals surface area contributed by atoms with E-state index in [1.807, 2.05) is 42.5 Å². The van der Waals surface area contributed by atoms with Crippen LogP contribution in [0.1, 0.15) is 29.5 Å². The summed E-state index contributed by atoms with van der Waals surface area (Å²) in [5, 5.41) is 2.73. The first-order valence-corrected chi connectivity index (χ1v) is 11.2. The summed E-state index contributed by atoms with van der Waals surface area (Å²) in [7, 11) is 3.20. The van der Waals surface area contributed by atoms with Gasteiger partial charge < -0.3 is 19.7 Å². The van der Waals surface area contributed by atoms with Crippen molar-refractivity contribution in [2.45, 2.75) is 38.3 Å². The van der Waals surface area contributed by atoms with Gasteiger partial charge >= 0.3 is 6.03 Å². The van der Waals surface area contributed by atoms with Crippen LogP contribution >= 0.6 is 0 Å². The molecule has 1 saturated heterocycles. The monoisotopic (exact) mass is 451 g/mol. The van der Waals surface area contributed by atoms with Gasteiger partial charge in [-0.05, 0) is 48.1 Å². The molecule has 0 spiro atoms. The minimum Gasteiger partial charge on any atom is -0.493 e. The molecule has 1 atom stereocenters. The first-order valence-electron chi connectivity index (χ1n) is 11.2. The molecule has 2 aliphatic heterocycles. The number of amides is 4. The van der Waals surface area contributed by atoms with E-state index in [4.69, 9.17) is 9.47 Å². The SMILES string of the molecule is COc1cc2c(cc1OC)CN(C(=O)CC[C@@H]1NC(=O)N(CCc3ccccc3)C1=O)CC2. The topological polar surface area (TPSA) is 88.2 Å². The van der Waals surface area contributed by atoms with Gasteiger partial charge in [-0.25, -0.2) is 4.79 Å². The van der Waals surface area contributed by atoms with Crippen LogP contribution in [0.2, 0.25) is 0 Å². The fourth-order valence-corrected chi connectivity index (χ4v) is 4.39. The van der Waals surface area contributed by atoms with E-state index in [0.717, 1.165) is 23.1 Å². The molecule has 2 aromatic carbocycles. The maximum atomic E-state index is 12.9. The Bertz CT molecular complexity index is 1040. The second-order valence-corrected chi connectivity index (χ2v) is 8.31. The quantitative estimate of drug-likeness (QED) is 0.623.